The van der Waals surface area contributed by atoms with Crippen LogP contribution in [0, 0.1) is 6.92 Å². The van der Waals surface area contributed by atoms with Gasteiger partial charge in [-0.15, -0.1) is 21.5 Å². The van der Waals surface area contributed by atoms with E-state index in [1.165, 1.54) is 35.7 Å². The Morgan fingerprint density at radius 3 is 2.84 bits per heavy atom. The Bertz CT molecular complexity index is 914. The molecule has 3 aromatic rings. The number of ketones is 1. The van der Waals surface area contributed by atoms with Gasteiger partial charge in [0.05, 0.1) is 10.6 Å². The number of nitrogens with zero attached hydrogens (tertiary/aromatic N) is 2. The molecule has 2 aromatic heterocycles. The molecule has 6 heteroatoms. The van der Waals surface area contributed by atoms with Crippen molar-refractivity contribution in [2.75, 3.05) is 5.75 Å². The lowest BCUT2D eigenvalue weighted by atomic mass is 9.90. The smallest absolute Gasteiger partial charge is 0.277 e. The summed E-state index contributed by atoms with van der Waals surface area (Å²) in [5.74, 6) is 0.936. The zero-order chi connectivity index (χ0) is 17.2. The fourth-order valence-electron chi connectivity index (χ4n) is 3.07. The molecule has 0 saturated carbocycles. The highest BCUT2D eigenvalue weighted by Gasteiger charge is 2.16. The highest BCUT2D eigenvalue weighted by Crippen LogP contribution is 2.30. The first-order valence-corrected chi connectivity index (χ1v) is 10.2. The molecule has 4 rings (SSSR count). The summed E-state index contributed by atoms with van der Waals surface area (Å²) < 4.78 is 5.68. The van der Waals surface area contributed by atoms with Crippen molar-refractivity contribution >= 4 is 28.9 Å². The molecule has 0 unspecified atom stereocenters. The number of thiophene rings is 1. The Labute approximate surface area is 154 Å². The number of carbonyl (C=O) groups excluding carboxylic acids is 1. The van der Waals surface area contributed by atoms with E-state index in [9.17, 15) is 4.79 Å². The average Bonchev–Trinajstić information content (AvgIpc) is 3.27. The molecule has 1 aliphatic rings. The third-order valence-electron chi connectivity index (χ3n) is 4.46. The van der Waals surface area contributed by atoms with Crippen molar-refractivity contribution in [1.29, 1.82) is 0 Å². The fourth-order valence-corrected chi connectivity index (χ4v) is 4.57. The van der Waals surface area contributed by atoms with Gasteiger partial charge < -0.3 is 4.42 Å². The average molecular weight is 370 g/mol. The van der Waals surface area contributed by atoms with Gasteiger partial charge in [0.2, 0.25) is 0 Å². The Hall–Kier alpha value is -1.92. The van der Waals surface area contributed by atoms with Gasteiger partial charge in [-0.25, -0.2) is 0 Å². The molecule has 128 valence electrons. The van der Waals surface area contributed by atoms with Crippen molar-refractivity contribution in [2.45, 2.75) is 37.8 Å². The molecule has 0 N–H and O–H groups in total. The summed E-state index contributed by atoms with van der Waals surface area (Å²) in [6.07, 6.45) is 4.67. The van der Waals surface area contributed by atoms with E-state index in [1.807, 2.05) is 24.4 Å². The Balaban J connectivity index is 1.42. The van der Waals surface area contributed by atoms with Crippen LogP contribution in [0.3, 0.4) is 0 Å². The molecular weight excluding hydrogens is 352 g/mol. The molecule has 1 aliphatic carbocycles. The minimum Gasteiger partial charge on any atom is -0.410 e. The summed E-state index contributed by atoms with van der Waals surface area (Å²) in [5.41, 5.74) is 4.62. The number of aromatic nitrogens is 2. The van der Waals surface area contributed by atoms with E-state index in [4.69, 9.17) is 4.42 Å². The van der Waals surface area contributed by atoms with Crippen LogP contribution in [0.25, 0.3) is 10.8 Å². The van der Waals surface area contributed by atoms with Gasteiger partial charge in [-0.05, 0) is 66.8 Å². The molecule has 0 amide bonds. The van der Waals surface area contributed by atoms with Crippen LogP contribution in [0.1, 0.15) is 39.9 Å². The second-order valence-corrected chi connectivity index (χ2v) is 8.05. The van der Waals surface area contributed by atoms with Crippen LogP contribution in [0.2, 0.25) is 0 Å². The van der Waals surface area contributed by atoms with Gasteiger partial charge in [-0.2, -0.15) is 0 Å². The molecule has 0 spiro atoms. The van der Waals surface area contributed by atoms with Crippen molar-refractivity contribution in [3.8, 4) is 10.8 Å². The van der Waals surface area contributed by atoms with Crippen molar-refractivity contribution in [1.82, 2.24) is 10.2 Å². The van der Waals surface area contributed by atoms with Crippen LogP contribution in [0.15, 0.2) is 39.3 Å². The first-order chi connectivity index (χ1) is 12.2. The highest BCUT2D eigenvalue weighted by molar-refractivity contribution is 7.99. The van der Waals surface area contributed by atoms with E-state index in [1.54, 1.807) is 11.3 Å². The first-order valence-electron chi connectivity index (χ1n) is 8.36. The highest BCUT2D eigenvalue weighted by atomic mass is 32.2. The molecule has 0 aliphatic heterocycles. The van der Waals surface area contributed by atoms with E-state index in [0.717, 1.165) is 28.8 Å². The summed E-state index contributed by atoms with van der Waals surface area (Å²) >= 11 is 2.88. The third-order valence-corrected chi connectivity index (χ3v) is 6.28. The second kappa shape index (κ2) is 7.14. The van der Waals surface area contributed by atoms with E-state index in [2.05, 4.69) is 22.3 Å². The molecule has 0 atom stereocenters. The molecule has 0 saturated heterocycles. The lowest BCUT2D eigenvalue weighted by Gasteiger charge is -2.16. The summed E-state index contributed by atoms with van der Waals surface area (Å²) in [6.45, 7) is 2.02. The van der Waals surface area contributed by atoms with Gasteiger partial charge in [0, 0.05) is 5.56 Å². The largest absolute Gasteiger partial charge is 0.410 e. The van der Waals surface area contributed by atoms with Crippen LogP contribution in [-0.4, -0.2) is 21.7 Å². The van der Waals surface area contributed by atoms with E-state index in [-0.39, 0.29) is 5.78 Å². The van der Waals surface area contributed by atoms with Crippen LogP contribution < -0.4 is 0 Å². The molecule has 2 heterocycles. The third kappa shape index (κ3) is 3.55. The lowest BCUT2D eigenvalue weighted by molar-refractivity contribution is 0.102. The maximum atomic E-state index is 12.5. The molecule has 25 heavy (non-hydrogen) atoms. The number of thioether (sulfide) groups is 1. The number of Topliss-reactive ketones (excluding diaryl/α,β-unsaturated/α-hetero) is 1. The fraction of sp³-hybridized carbons (Fsp3) is 0.316. The molecule has 0 bridgehead atoms. The Morgan fingerprint density at radius 1 is 1.20 bits per heavy atom. The van der Waals surface area contributed by atoms with E-state index >= 15 is 0 Å². The molecule has 0 radical (unpaired) electrons. The van der Waals surface area contributed by atoms with Crippen molar-refractivity contribution in [2.24, 2.45) is 0 Å². The number of hydrogen-bond donors (Lipinski definition) is 0. The minimum atomic E-state index is 0.102. The quantitative estimate of drug-likeness (QED) is 0.469. The predicted octanol–water partition coefficient (Wildman–Crippen LogP) is 4.96. The summed E-state index contributed by atoms with van der Waals surface area (Å²) in [7, 11) is 0. The predicted molar refractivity (Wildman–Crippen MR) is 100 cm³/mol. The summed E-state index contributed by atoms with van der Waals surface area (Å²) in [6, 6.07) is 8.14. The van der Waals surface area contributed by atoms with Crippen molar-refractivity contribution in [3.05, 3.63) is 51.9 Å². The zero-order valence-electron chi connectivity index (χ0n) is 13.9. The van der Waals surface area contributed by atoms with E-state index < -0.39 is 0 Å². The SMILES string of the molecule is Cc1ccsc1-c1nnc(SCC(=O)c2ccc3c(c2)CCCC3)o1. The Morgan fingerprint density at radius 2 is 2.04 bits per heavy atom. The number of rotatable bonds is 5. The lowest BCUT2D eigenvalue weighted by Crippen LogP contribution is -2.07. The Kier molecular flexibility index (Phi) is 4.72. The maximum Gasteiger partial charge on any atom is 0.277 e. The standard InChI is InChI=1S/C19H18N2O2S2/c1-12-8-9-24-17(12)18-20-21-19(23-18)25-11-16(22)15-7-6-13-4-2-3-5-14(13)10-15/h6-10H,2-5,11H2,1H3. The maximum absolute atomic E-state index is 12.5. The van der Waals surface area contributed by atoms with Crippen LogP contribution in [0.4, 0.5) is 0 Å². The first kappa shape index (κ1) is 16.5. The monoisotopic (exact) mass is 370 g/mol. The van der Waals surface area contributed by atoms with Crippen molar-refractivity contribution < 1.29 is 9.21 Å². The van der Waals surface area contributed by atoms with Gasteiger partial charge in [-0.1, -0.05) is 23.9 Å². The number of benzene rings is 1. The zero-order valence-corrected chi connectivity index (χ0v) is 15.6. The molecular formula is C19H18N2O2S2. The topological polar surface area (TPSA) is 56.0 Å². The summed E-state index contributed by atoms with van der Waals surface area (Å²) in [5, 5.41) is 10.6. The number of carbonyl (C=O) groups is 1. The van der Waals surface area contributed by atoms with Crippen LogP contribution in [-0.2, 0) is 12.8 Å². The number of fused-ring (bicyclic) bond motifs is 1. The summed E-state index contributed by atoms with van der Waals surface area (Å²) in [4.78, 5) is 13.5. The van der Waals surface area contributed by atoms with Crippen LogP contribution in [0.5, 0.6) is 0 Å². The molecule has 0 fully saturated rings. The van der Waals surface area contributed by atoms with Gasteiger partial charge in [0.1, 0.15) is 0 Å². The van der Waals surface area contributed by atoms with Gasteiger partial charge >= 0.3 is 0 Å². The van der Waals surface area contributed by atoms with Gasteiger partial charge in [0.15, 0.2) is 5.78 Å². The molecule has 1 aromatic carbocycles. The van der Waals surface area contributed by atoms with Crippen LogP contribution >= 0.6 is 23.1 Å². The van der Waals surface area contributed by atoms with Gasteiger partial charge in [0.25, 0.3) is 11.1 Å². The van der Waals surface area contributed by atoms with E-state index in [0.29, 0.717) is 16.9 Å². The molecule has 4 nitrogen and oxygen atoms in total. The number of aryl methyl sites for hydroxylation is 3. The second-order valence-electron chi connectivity index (χ2n) is 6.21. The minimum absolute atomic E-state index is 0.102. The normalized spacial score (nSPS) is 13.6. The van der Waals surface area contributed by atoms with Crippen molar-refractivity contribution in [3.63, 3.8) is 0 Å². The number of hydrogen-bond acceptors (Lipinski definition) is 6. The van der Waals surface area contributed by atoms with Gasteiger partial charge in [-0.3, -0.25) is 4.79 Å².